The Balaban J connectivity index is 1.11. The van der Waals surface area contributed by atoms with Gasteiger partial charge >= 0.3 is 0 Å². The molecule has 0 bridgehead atoms. The molecule has 0 spiro atoms. The Kier molecular flexibility index (Phi) is 6.90. The predicted molar refractivity (Wildman–Crippen MR) is 157 cm³/mol. The molecule has 5 nitrogen and oxygen atoms in total. The zero-order valence-electron chi connectivity index (χ0n) is 22.6. The summed E-state index contributed by atoms with van der Waals surface area (Å²) in [7, 11) is 0. The maximum atomic E-state index is 13.4. The van der Waals surface area contributed by atoms with E-state index in [-0.39, 0.29) is 12.7 Å². The van der Waals surface area contributed by atoms with Crippen molar-refractivity contribution < 1.29 is 14.3 Å². The Morgan fingerprint density at radius 1 is 0.974 bits per heavy atom. The molecule has 0 radical (unpaired) electrons. The van der Waals surface area contributed by atoms with Gasteiger partial charge in [0.1, 0.15) is 0 Å². The van der Waals surface area contributed by atoms with E-state index in [2.05, 4.69) is 66.6 Å². The third kappa shape index (κ3) is 5.31. The number of hydrogen-bond donors (Lipinski definition) is 2. The summed E-state index contributed by atoms with van der Waals surface area (Å²) in [5.41, 5.74) is 8.29. The average Bonchev–Trinajstić information content (AvgIpc) is 3.65. The number of carbonyl (C=O) groups is 1. The van der Waals surface area contributed by atoms with Gasteiger partial charge in [0.2, 0.25) is 12.7 Å². The number of allylic oxidation sites excluding steroid dienone is 1. The lowest BCUT2D eigenvalue weighted by Crippen LogP contribution is -2.27. The molecular weight excluding hydrogens is 484 g/mol. The van der Waals surface area contributed by atoms with Crippen molar-refractivity contribution in [1.82, 2.24) is 5.32 Å². The molecule has 1 fully saturated rings. The molecular formula is C34H36N2O3. The van der Waals surface area contributed by atoms with E-state index in [1.807, 2.05) is 24.3 Å². The second-order valence-corrected chi connectivity index (χ2v) is 11.0. The molecule has 0 aromatic heterocycles. The molecule has 1 saturated carbocycles. The number of aryl methyl sites for hydroxylation is 1. The minimum Gasteiger partial charge on any atom is -0.454 e. The summed E-state index contributed by atoms with van der Waals surface area (Å²) < 4.78 is 11.0. The van der Waals surface area contributed by atoms with Gasteiger partial charge < -0.3 is 20.1 Å². The van der Waals surface area contributed by atoms with E-state index in [1.165, 1.54) is 25.7 Å². The molecule has 2 N–H and O–H groups in total. The molecule has 1 aliphatic heterocycles. The summed E-state index contributed by atoms with van der Waals surface area (Å²) in [6, 6.07) is 20.5. The summed E-state index contributed by atoms with van der Waals surface area (Å²) in [5.74, 6) is 1.48. The highest BCUT2D eigenvalue weighted by atomic mass is 16.7. The molecule has 0 saturated heterocycles. The third-order valence-electron chi connectivity index (χ3n) is 8.32. The molecule has 39 heavy (non-hydrogen) atoms. The molecule has 200 valence electrons. The number of fused-ring (bicyclic) bond motifs is 1. The van der Waals surface area contributed by atoms with Crippen LogP contribution in [0.5, 0.6) is 11.5 Å². The number of ether oxygens (including phenoxy) is 2. The van der Waals surface area contributed by atoms with Crippen molar-refractivity contribution >= 4 is 17.3 Å². The molecule has 0 unspecified atom stereocenters. The highest BCUT2D eigenvalue weighted by molar-refractivity contribution is 6.02. The fraction of sp³-hybridized carbons (Fsp3) is 0.324. The zero-order valence-corrected chi connectivity index (χ0v) is 22.6. The highest BCUT2D eigenvalue weighted by Crippen LogP contribution is 2.51. The molecule has 3 aliphatic rings. The molecule has 3 aromatic rings. The molecule has 0 atom stereocenters. The average molecular weight is 521 g/mol. The van der Waals surface area contributed by atoms with Gasteiger partial charge in [0.15, 0.2) is 11.5 Å². The second kappa shape index (κ2) is 10.6. The van der Waals surface area contributed by atoms with Crippen LogP contribution in [0.15, 0.2) is 78.9 Å². The van der Waals surface area contributed by atoms with Gasteiger partial charge in [-0.05, 0) is 104 Å². The first kappa shape index (κ1) is 25.3. The molecule has 2 aliphatic carbocycles. The Labute approximate surface area is 230 Å². The Bertz CT molecular complexity index is 1430. The van der Waals surface area contributed by atoms with Crippen LogP contribution in [0.4, 0.5) is 5.69 Å². The van der Waals surface area contributed by atoms with Crippen LogP contribution in [-0.2, 0) is 10.2 Å². The number of amides is 1. The fourth-order valence-corrected chi connectivity index (χ4v) is 5.69. The molecule has 5 heteroatoms. The summed E-state index contributed by atoms with van der Waals surface area (Å²) in [6.45, 7) is 7.50. The minimum absolute atomic E-state index is 0.0258. The number of benzene rings is 3. The number of rotatable bonds is 9. The smallest absolute Gasteiger partial charge is 0.235 e. The van der Waals surface area contributed by atoms with Gasteiger partial charge in [-0.2, -0.15) is 0 Å². The van der Waals surface area contributed by atoms with Crippen molar-refractivity contribution in [3.63, 3.8) is 0 Å². The Hall–Kier alpha value is -3.99. The van der Waals surface area contributed by atoms with Gasteiger partial charge in [0.05, 0.1) is 5.41 Å². The minimum atomic E-state index is -0.505. The summed E-state index contributed by atoms with van der Waals surface area (Å²) in [4.78, 5) is 13.4. The van der Waals surface area contributed by atoms with Crippen molar-refractivity contribution in [2.24, 2.45) is 0 Å². The fourth-order valence-electron chi connectivity index (χ4n) is 5.69. The lowest BCUT2D eigenvalue weighted by atomic mass is 9.94. The van der Waals surface area contributed by atoms with Crippen LogP contribution in [0.2, 0.25) is 0 Å². The first-order valence-electron chi connectivity index (χ1n) is 14.1. The Morgan fingerprint density at radius 3 is 2.56 bits per heavy atom. The van der Waals surface area contributed by atoms with E-state index in [0.717, 1.165) is 70.8 Å². The maximum Gasteiger partial charge on any atom is 0.235 e. The van der Waals surface area contributed by atoms with E-state index < -0.39 is 5.41 Å². The van der Waals surface area contributed by atoms with Crippen LogP contribution in [0.1, 0.15) is 61.6 Å². The van der Waals surface area contributed by atoms with E-state index in [4.69, 9.17) is 9.47 Å². The van der Waals surface area contributed by atoms with Gasteiger partial charge in [-0.3, -0.25) is 4.79 Å². The van der Waals surface area contributed by atoms with Crippen molar-refractivity contribution in [2.75, 3.05) is 18.7 Å². The van der Waals surface area contributed by atoms with Crippen LogP contribution in [-0.4, -0.2) is 19.2 Å². The number of hydrogen-bond acceptors (Lipinski definition) is 4. The van der Waals surface area contributed by atoms with Crippen LogP contribution >= 0.6 is 0 Å². The summed E-state index contributed by atoms with van der Waals surface area (Å²) in [5, 5.41) is 6.69. The molecule has 6 rings (SSSR count). The Morgan fingerprint density at radius 2 is 1.79 bits per heavy atom. The number of nitrogens with one attached hydrogen (secondary N) is 2. The lowest BCUT2D eigenvalue weighted by molar-refractivity contribution is -0.118. The number of anilines is 1. The standard InChI is InChI=1S/C34H36N2O3/c1-23-8-14-29(36-33(37)34(17-18-34)28-13-15-31-32(20-28)39-22-38-31)21-30(23)27-11-9-26(10-12-27)24(2)35-19-16-25-6-4-3-5-7-25/h6,8-15,20-21,35H,2-5,7,16-19,22H2,1H3,(H,36,37). The molecule has 3 aromatic carbocycles. The largest absolute Gasteiger partial charge is 0.454 e. The van der Waals surface area contributed by atoms with E-state index in [0.29, 0.717) is 5.75 Å². The predicted octanol–water partition coefficient (Wildman–Crippen LogP) is 7.51. The number of carbonyl (C=O) groups excluding carboxylic acids is 1. The quantitative estimate of drug-likeness (QED) is 0.287. The van der Waals surface area contributed by atoms with Gasteiger partial charge in [0, 0.05) is 17.9 Å². The summed E-state index contributed by atoms with van der Waals surface area (Å²) in [6.07, 6.45) is 10.3. The highest BCUT2D eigenvalue weighted by Gasteiger charge is 2.51. The van der Waals surface area contributed by atoms with Crippen LogP contribution in [0, 0.1) is 6.92 Å². The lowest BCUT2D eigenvalue weighted by Gasteiger charge is -2.18. The van der Waals surface area contributed by atoms with Gasteiger partial charge in [-0.1, -0.05) is 54.6 Å². The molecule has 1 amide bonds. The first-order valence-corrected chi connectivity index (χ1v) is 14.1. The van der Waals surface area contributed by atoms with E-state index >= 15 is 0 Å². The van der Waals surface area contributed by atoms with Crippen molar-refractivity contribution in [3.8, 4) is 22.6 Å². The first-order chi connectivity index (χ1) is 19.0. The van der Waals surface area contributed by atoms with Crippen molar-refractivity contribution in [3.05, 3.63) is 95.6 Å². The van der Waals surface area contributed by atoms with Gasteiger partial charge in [-0.15, -0.1) is 0 Å². The maximum absolute atomic E-state index is 13.4. The monoisotopic (exact) mass is 520 g/mol. The van der Waals surface area contributed by atoms with E-state index in [1.54, 1.807) is 5.57 Å². The zero-order chi connectivity index (χ0) is 26.8. The van der Waals surface area contributed by atoms with Crippen LogP contribution < -0.4 is 20.1 Å². The van der Waals surface area contributed by atoms with Gasteiger partial charge in [0.25, 0.3) is 0 Å². The van der Waals surface area contributed by atoms with Crippen LogP contribution in [0.3, 0.4) is 0 Å². The molecule has 1 heterocycles. The van der Waals surface area contributed by atoms with Crippen molar-refractivity contribution in [1.29, 1.82) is 0 Å². The third-order valence-corrected chi connectivity index (χ3v) is 8.32. The summed E-state index contributed by atoms with van der Waals surface area (Å²) >= 11 is 0. The second-order valence-electron chi connectivity index (χ2n) is 11.0. The van der Waals surface area contributed by atoms with Crippen molar-refractivity contribution in [2.45, 2.75) is 57.3 Å². The van der Waals surface area contributed by atoms with E-state index in [9.17, 15) is 4.79 Å². The normalized spacial score (nSPS) is 16.8. The topological polar surface area (TPSA) is 59.6 Å². The van der Waals surface area contributed by atoms with Gasteiger partial charge in [-0.25, -0.2) is 0 Å². The SMILES string of the molecule is C=C(NCCC1=CCCCC1)c1ccc(-c2cc(NC(=O)C3(c4ccc5c(c4)OCO5)CC3)ccc2C)cc1. The van der Waals surface area contributed by atoms with Crippen LogP contribution in [0.25, 0.3) is 16.8 Å².